The molecule has 0 spiro atoms. The zero-order chi connectivity index (χ0) is 14.7. The van der Waals surface area contributed by atoms with Crippen molar-refractivity contribution in [3.63, 3.8) is 0 Å². The number of para-hydroxylation sites is 1. The molecule has 104 valence electrons. The van der Waals surface area contributed by atoms with E-state index in [-0.39, 0.29) is 17.1 Å². The highest BCUT2D eigenvalue weighted by Crippen LogP contribution is 2.30. The lowest BCUT2D eigenvalue weighted by Gasteiger charge is -2.10. The molecule has 0 saturated carbocycles. The number of benzene rings is 2. The summed E-state index contributed by atoms with van der Waals surface area (Å²) in [6.07, 6.45) is 0. The average Bonchev–Trinajstić information content (AvgIpc) is 2.44. The SMILES string of the molecule is COC(=O)c1ccccc1Oc1cc(F)c(F)c(Cl)c1. The topological polar surface area (TPSA) is 35.5 Å². The number of methoxy groups -OCH3 is 1. The van der Waals surface area contributed by atoms with Gasteiger partial charge in [0.25, 0.3) is 0 Å². The standard InChI is InChI=1S/C14H9ClF2O3/c1-19-14(18)9-4-2-3-5-12(9)20-8-6-10(15)13(17)11(16)7-8/h2-7H,1H3. The molecular weight excluding hydrogens is 290 g/mol. The molecule has 6 heteroatoms. The van der Waals surface area contributed by atoms with Crippen LogP contribution in [-0.4, -0.2) is 13.1 Å². The quantitative estimate of drug-likeness (QED) is 0.629. The smallest absolute Gasteiger partial charge is 0.341 e. The van der Waals surface area contributed by atoms with Crippen molar-refractivity contribution in [3.8, 4) is 11.5 Å². The van der Waals surface area contributed by atoms with Crippen LogP contribution in [0.15, 0.2) is 36.4 Å². The lowest BCUT2D eigenvalue weighted by molar-refractivity contribution is 0.0598. The zero-order valence-corrected chi connectivity index (χ0v) is 11.1. The van der Waals surface area contributed by atoms with Crippen molar-refractivity contribution in [1.82, 2.24) is 0 Å². The van der Waals surface area contributed by atoms with E-state index < -0.39 is 22.6 Å². The van der Waals surface area contributed by atoms with Gasteiger partial charge in [-0.1, -0.05) is 23.7 Å². The van der Waals surface area contributed by atoms with Crippen LogP contribution < -0.4 is 4.74 Å². The van der Waals surface area contributed by atoms with Gasteiger partial charge in [-0.3, -0.25) is 0 Å². The minimum absolute atomic E-state index is 0.0229. The third kappa shape index (κ3) is 2.88. The normalized spacial score (nSPS) is 10.2. The van der Waals surface area contributed by atoms with Gasteiger partial charge in [0.2, 0.25) is 0 Å². The van der Waals surface area contributed by atoms with Gasteiger partial charge in [0.1, 0.15) is 17.1 Å². The van der Waals surface area contributed by atoms with Crippen molar-refractivity contribution in [2.24, 2.45) is 0 Å². The van der Waals surface area contributed by atoms with Crippen molar-refractivity contribution >= 4 is 17.6 Å². The first kappa shape index (κ1) is 14.3. The Bertz CT molecular complexity index is 636. The second-order valence-corrected chi connectivity index (χ2v) is 4.20. The largest absolute Gasteiger partial charge is 0.465 e. The van der Waals surface area contributed by atoms with E-state index in [4.69, 9.17) is 16.3 Å². The van der Waals surface area contributed by atoms with Gasteiger partial charge in [0, 0.05) is 12.1 Å². The minimum Gasteiger partial charge on any atom is -0.465 e. The molecule has 0 unspecified atom stereocenters. The fraction of sp³-hybridized carbons (Fsp3) is 0.0714. The monoisotopic (exact) mass is 298 g/mol. The summed E-state index contributed by atoms with van der Waals surface area (Å²) in [7, 11) is 1.23. The number of halogens is 3. The molecule has 2 aromatic carbocycles. The Hall–Kier alpha value is -2.14. The predicted molar refractivity (Wildman–Crippen MR) is 69.2 cm³/mol. The summed E-state index contributed by atoms with van der Waals surface area (Å²) in [5, 5.41) is -0.407. The molecular formula is C14H9ClF2O3. The highest BCUT2D eigenvalue weighted by atomic mass is 35.5. The Kier molecular flexibility index (Phi) is 4.20. The second kappa shape index (κ2) is 5.88. The van der Waals surface area contributed by atoms with E-state index in [1.807, 2.05) is 0 Å². The lowest BCUT2D eigenvalue weighted by atomic mass is 10.2. The van der Waals surface area contributed by atoms with Crippen LogP contribution in [-0.2, 0) is 4.74 Å². The zero-order valence-electron chi connectivity index (χ0n) is 10.3. The van der Waals surface area contributed by atoms with Crippen molar-refractivity contribution in [1.29, 1.82) is 0 Å². The van der Waals surface area contributed by atoms with Crippen LogP contribution in [0.4, 0.5) is 8.78 Å². The maximum Gasteiger partial charge on any atom is 0.341 e. The van der Waals surface area contributed by atoms with Crippen molar-refractivity contribution < 1.29 is 23.0 Å². The first-order chi connectivity index (χ1) is 9.52. The summed E-state index contributed by atoms with van der Waals surface area (Å²) in [5.74, 6) is -2.76. The number of esters is 1. The van der Waals surface area contributed by atoms with E-state index in [2.05, 4.69) is 4.74 Å². The van der Waals surface area contributed by atoms with E-state index in [0.29, 0.717) is 0 Å². The maximum absolute atomic E-state index is 13.2. The number of ether oxygens (including phenoxy) is 2. The molecule has 20 heavy (non-hydrogen) atoms. The maximum atomic E-state index is 13.2. The van der Waals surface area contributed by atoms with E-state index in [1.165, 1.54) is 19.2 Å². The lowest BCUT2D eigenvalue weighted by Crippen LogP contribution is -2.03. The first-order valence-corrected chi connectivity index (χ1v) is 5.90. The number of hydrogen-bond acceptors (Lipinski definition) is 3. The Morgan fingerprint density at radius 2 is 1.90 bits per heavy atom. The summed E-state index contributed by atoms with van der Waals surface area (Å²) in [5.41, 5.74) is 0.163. The molecule has 0 radical (unpaired) electrons. The molecule has 2 aromatic rings. The Morgan fingerprint density at radius 1 is 1.20 bits per heavy atom. The molecule has 0 aromatic heterocycles. The summed E-state index contributed by atoms with van der Waals surface area (Å²) in [6, 6.07) is 8.20. The molecule has 0 amide bonds. The van der Waals surface area contributed by atoms with Crippen LogP contribution >= 0.6 is 11.6 Å². The van der Waals surface area contributed by atoms with Gasteiger partial charge in [-0.25, -0.2) is 13.6 Å². The Balaban J connectivity index is 2.38. The van der Waals surface area contributed by atoms with Crippen LogP contribution in [0.5, 0.6) is 11.5 Å². The molecule has 0 saturated heterocycles. The van der Waals surface area contributed by atoms with Crippen LogP contribution in [0.25, 0.3) is 0 Å². The van der Waals surface area contributed by atoms with E-state index in [9.17, 15) is 13.6 Å². The molecule has 0 N–H and O–H groups in total. The van der Waals surface area contributed by atoms with Crippen molar-refractivity contribution in [2.45, 2.75) is 0 Å². The summed E-state index contributed by atoms with van der Waals surface area (Å²) < 4.78 is 36.3. The molecule has 0 atom stereocenters. The van der Waals surface area contributed by atoms with Gasteiger partial charge in [-0.2, -0.15) is 0 Å². The van der Waals surface area contributed by atoms with Gasteiger partial charge in [-0.15, -0.1) is 0 Å². The van der Waals surface area contributed by atoms with E-state index >= 15 is 0 Å². The number of rotatable bonds is 3. The van der Waals surface area contributed by atoms with Crippen LogP contribution in [0.2, 0.25) is 5.02 Å². The summed E-state index contributed by atoms with van der Waals surface area (Å²) >= 11 is 5.53. The molecule has 0 heterocycles. The van der Waals surface area contributed by atoms with Crippen LogP contribution in [0.1, 0.15) is 10.4 Å². The fourth-order valence-electron chi connectivity index (χ4n) is 1.55. The van der Waals surface area contributed by atoms with Crippen LogP contribution in [0, 0.1) is 11.6 Å². The number of carbonyl (C=O) groups excluding carboxylic acids is 1. The molecule has 0 fully saturated rings. The van der Waals surface area contributed by atoms with Gasteiger partial charge in [0.15, 0.2) is 11.6 Å². The predicted octanol–water partition coefficient (Wildman–Crippen LogP) is 4.20. The summed E-state index contributed by atoms with van der Waals surface area (Å²) in [6.45, 7) is 0. The van der Waals surface area contributed by atoms with Gasteiger partial charge < -0.3 is 9.47 Å². The van der Waals surface area contributed by atoms with Gasteiger partial charge in [-0.05, 0) is 12.1 Å². The highest BCUT2D eigenvalue weighted by Gasteiger charge is 2.15. The molecule has 0 aliphatic rings. The summed E-state index contributed by atoms with van der Waals surface area (Å²) in [4.78, 5) is 11.6. The fourth-order valence-corrected chi connectivity index (χ4v) is 1.75. The van der Waals surface area contributed by atoms with E-state index in [0.717, 1.165) is 12.1 Å². The van der Waals surface area contributed by atoms with E-state index in [1.54, 1.807) is 12.1 Å². The second-order valence-electron chi connectivity index (χ2n) is 3.79. The first-order valence-electron chi connectivity index (χ1n) is 5.52. The molecule has 0 aliphatic heterocycles. The van der Waals surface area contributed by atoms with Crippen LogP contribution in [0.3, 0.4) is 0 Å². The highest BCUT2D eigenvalue weighted by molar-refractivity contribution is 6.30. The molecule has 3 nitrogen and oxygen atoms in total. The Morgan fingerprint density at radius 3 is 2.55 bits per heavy atom. The Labute approximate surface area is 118 Å². The minimum atomic E-state index is -1.15. The molecule has 0 bridgehead atoms. The van der Waals surface area contributed by atoms with Gasteiger partial charge in [0.05, 0.1) is 12.1 Å². The third-order valence-corrected chi connectivity index (χ3v) is 2.75. The molecule has 2 rings (SSSR count). The van der Waals surface area contributed by atoms with Crippen molar-refractivity contribution in [2.75, 3.05) is 7.11 Å². The number of hydrogen-bond donors (Lipinski definition) is 0. The van der Waals surface area contributed by atoms with Gasteiger partial charge >= 0.3 is 5.97 Å². The molecule has 0 aliphatic carbocycles. The third-order valence-electron chi connectivity index (χ3n) is 2.48. The number of carbonyl (C=O) groups is 1. The van der Waals surface area contributed by atoms with Crippen molar-refractivity contribution in [3.05, 3.63) is 58.6 Å². The average molecular weight is 299 g/mol.